The van der Waals surface area contributed by atoms with Crippen molar-refractivity contribution in [2.24, 2.45) is 11.7 Å². The largest absolute Gasteiger partial charge is 0.381 e. The standard InChI is InChI=1S/C13H20N4O2/c14-10-5-9(6-10)11-7-12(17-16-11)15-13(18)8-1-3-19-4-2-8/h7-10H,1-6,14H2,(H2,15,16,17,18)/t9-,10+. The molecule has 0 unspecified atom stereocenters. The summed E-state index contributed by atoms with van der Waals surface area (Å²) in [6.45, 7) is 1.35. The molecule has 1 saturated heterocycles. The number of aromatic nitrogens is 2. The number of anilines is 1. The van der Waals surface area contributed by atoms with Crippen LogP contribution in [0, 0.1) is 5.92 Å². The van der Waals surface area contributed by atoms with Crippen LogP contribution in [0.1, 0.15) is 37.3 Å². The van der Waals surface area contributed by atoms with E-state index in [1.165, 1.54) is 0 Å². The summed E-state index contributed by atoms with van der Waals surface area (Å²) in [6, 6.07) is 2.23. The SMILES string of the molecule is N[C@H]1C[C@@H](c2cc(NC(=O)C3CCOCC3)[nH]n2)C1. The third kappa shape index (κ3) is 2.79. The average Bonchev–Trinajstić information content (AvgIpc) is 2.84. The molecule has 2 fully saturated rings. The predicted octanol–water partition coefficient (Wildman–Crippen LogP) is 0.979. The normalized spacial score (nSPS) is 27.8. The number of nitrogens with zero attached hydrogens (tertiary/aromatic N) is 1. The van der Waals surface area contributed by atoms with Gasteiger partial charge in [0.25, 0.3) is 0 Å². The van der Waals surface area contributed by atoms with Gasteiger partial charge in [-0.3, -0.25) is 9.89 Å². The van der Waals surface area contributed by atoms with Gasteiger partial charge in [0.2, 0.25) is 5.91 Å². The van der Waals surface area contributed by atoms with E-state index >= 15 is 0 Å². The van der Waals surface area contributed by atoms with E-state index in [1.807, 2.05) is 6.07 Å². The van der Waals surface area contributed by atoms with Crippen LogP contribution in [0.3, 0.4) is 0 Å². The number of carbonyl (C=O) groups is 1. The Bertz CT molecular complexity index is 447. The van der Waals surface area contributed by atoms with Crippen molar-refractivity contribution >= 4 is 11.7 Å². The molecule has 6 nitrogen and oxygen atoms in total. The van der Waals surface area contributed by atoms with Crippen LogP contribution in [0.4, 0.5) is 5.82 Å². The summed E-state index contributed by atoms with van der Waals surface area (Å²) < 4.78 is 5.26. The molecule has 1 aliphatic heterocycles. The van der Waals surface area contributed by atoms with E-state index in [4.69, 9.17) is 10.5 Å². The van der Waals surface area contributed by atoms with Gasteiger partial charge in [0.15, 0.2) is 0 Å². The summed E-state index contributed by atoms with van der Waals surface area (Å²) >= 11 is 0. The Morgan fingerprint density at radius 3 is 2.84 bits per heavy atom. The van der Waals surface area contributed by atoms with Gasteiger partial charge in [-0.25, -0.2) is 0 Å². The van der Waals surface area contributed by atoms with Crippen molar-refractivity contribution in [3.8, 4) is 0 Å². The van der Waals surface area contributed by atoms with E-state index in [0.29, 0.717) is 31.0 Å². The van der Waals surface area contributed by atoms with Gasteiger partial charge in [-0.05, 0) is 25.7 Å². The molecule has 1 aromatic heterocycles. The minimum atomic E-state index is 0.0534. The van der Waals surface area contributed by atoms with Crippen molar-refractivity contribution in [3.63, 3.8) is 0 Å². The molecule has 3 rings (SSSR count). The number of hydrogen-bond donors (Lipinski definition) is 3. The zero-order valence-corrected chi connectivity index (χ0v) is 10.9. The molecule has 1 saturated carbocycles. The Morgan fingerprint density at radius 1 is 1.42 bits per heavy atom. The molecule has 1 aliphatic carbocycles. The van der Waals surface area contributed by atoms with Crippen molar-refractivity contribution in [2.45, 2.75) is 37.6 Å². The molecule has 2 aliphatic rings. The highest BCUT2D eigenvalue weighted by atomic mass is 16.5. The number of amides is 1. The minimum absolute atomic E-state index is 0.0534. The van der Waals surface area contributed by atoms with E-state index in [9.17, 15) is 4.79 Å². The lowest BCUT2D eigenvalue weighted by molar-refractivity contribution is -0.122. The fraction of sp³-hybridized carbons (Fsp3) is 0.692. The zero-order valence-electron chi connectivity index (χ0n) is 10.9. The molecule has 2 heterocycles. The van der Waals surface area contributed by atoms with Gasteiger partial charge in [-0.1, -0.05) is 0 Å². The summed E-state index contributed by atoms with van der Waals surface area (Å²) in [5, 5.41) is 10.0. The predicted molar refractivity (Wildman–Crippen MR) is 70.7 cm³/mol. The fourth-order valence-electron chi connectivity index (χ4n) is 2.71. The molecule has 6 heteroatoms. The van der Waals surface area contributed by atoms with Crippen molar-refractivity contribution in [3.05, 3.63) is 11.8 Å². The average molecular weight is 264 g/mol. The number of carbonyl (C=O) groups excluding carboxylic acids is 1. The Hall–Kier alpha value is -1.40. The molecule has 4 N–H and O–H groups in total. The summed E-state index contributed by atoms with van der Waals surface area (Å²) in [6.07, 6.45) is 3.56. The first-order valence-corrected chi connectivity index (χ1v) is 6.92. The van der Waals surface area contributed by atoms with Crippen LogP contribution in [0.5, 0.6) is 0 Å². The number of aromatic amines is 1. The number of nitrogens with one attached hydrogen (secondary N) is 2. The first-order valence-electron chi connectivity index (χ1n) is 6.92. The third-order valence-electron chi connectivity index (χ3n) is 4.04. The summed E-state index contributed by atoms with van der Waals surface area (Å²) in [5.41, 5.74) is 6.78. The minimum Gasteiger partial charge on any atom is -0.381 e. The molecule has 104 valence electrons. The van der Waals surface area contributed by atoms with E-state index < -0.39 is 0 Å². The lowest BCUT2D eigenvalue weighted by atomic mass is 9.79. The van der Waals surface area contributed by atoms with Crippen LogP contribution in [0.25, 0.3) is 0 Å². The van der Waals surface area contributed by atoms with Crippen LogP contribution in [-0.4, -0.2) is 35.4 Å². The molecule has 0 spiro atoms. The van der Waals surface area contributed by atoms with Crippen LogP contribution in [0.15, 0.2) is 6.07 Å². The van der Waals surface area contributed by atoms with E-state index in [2.05, 4.69) is 15.5 Å². The first-order chi connectivity index (χ1) is 9.22. The molecule has 1 amide bonds. The van der Waals surface area contributed by atoms with Gasteiger partial charge >= 0.3 is 0 Å². The van der Waals surface area contributed by atoms with Crippen molar-refractivity contribution in [2.75, 3.05) is 18.5 Å². The highest BCUT2D eigenvalue weighted by Gasteiger charge is 2.29. The van der Waals surface area contributed by atoms with Gasteiger partial charge in [0.1, 0.15) is 5.82 Å². The highest BCUT2D eigenvalue weighted by molar-refractivity contribution is 5.91. The number of H-pyrrole nitrogens is 1. The van der Waals surface area contributed by atoms with Gasteiger partial charge in [0.05, 0.1) is 5.69 Å². The topological polar surface area (TPSA) is 93.0 Å². The Kier molecular flexibility index (Phi) is 3.52. The lowest BCUT2D eigenvalue weighted by Gasteiger charge is -2.30. The fourth-order valence-corrected chi connectivity index (χ4v) is 2.71. The van der Waals surface area contributed by atoms with Gasteiger partial charge in [-0.15, -0.1) is 0 Å². The smallest absolute Gasteiger partial charge is 0.228 e. The molecular formula is C13H20N4O2. The summed E-state index contributed by atoms with van der Waals surface area (Å²) in [5.74, 6) is 1.24. The maximum atomic E-state index is 12.0. The van der Waals surface area contributed by atoms with Crippen LogP contribution in [-0.2, 0) is 9.53 Å². The van der Waals surface area contributed by atoms with E-state index in [0.717, 1.165) is 31.4 Å². The third-order valence-corrected chi connectivity index (χ3v) is 4.04. The van der Waals surface area contributed by atoms with Gasteiger partial charge in [-0.2, -0.15) is 5.10 Å². The van der Waals surface area contributed by atoms with Gasteiger partial charge in [0, 0.05) is 37.2 Å². The second-order valence-corrected chi connectivity index (χ2v) is 5.51. The quantitative estimate of drug-likeness (QED) is 0.758. The number of hydrogen-bond acceptors (Lipinski definition) is 4. The van der Waals surface area contributed by atoms with Crippen molar-refractivity contribution < 1.29 is 9.53 Å². The van der Waals surface area contributed by atoms with Crippen molar-refractivity contribution in [1.82, 2.24) is 10.2 Å². The molecular weight excluding hydrogens is 244 g/mol. The van der Waals surface area contributed by atoms with E-state index in [-0.39, 0.29) is 11.8 Å². The maximum Gasteiger partial charge on any atom is 0.228 e. The molecule has 19 heavy (non-hydrogen) atoms. The second-order valence-electron chi connectivity index (χ2n) is 5.51. The van der Waals surface area contributed by atoms with Gasteiger partial charge < -0.3 is 15.8 Å². The Labute approximate surface area is 112 Å². The molecule has 0 atom stereocenters. The lowest BCUT2D eigenvalue weighted by Crippen LogP contribution is -2.34. The Morgan fingerprint density at radius 2 is 2.16 bits per heavy atom. The van der Waals surface area contributed by atoms with Crippen LogP contribution >= 0.6 is 0 Å². The Balaban J connectivity index is 1.56. The van der Waals surface area contributed by atoms with Crippen LogP contribution in [0.2, 0.25) is 0 Å². The zero-order chi connectivity index (χ0) is 13.2. The maximum absolute atomic E-state index is 12.0. The number of ether oxygens (including phenoxy) is 1. The number of nitrogens with two attached hydrogens (primary N) is 1. The van der Waals surface area contributed by atoms with E-state index in [1.54, 1.807) is 0 Å². The molecule has 0 aromatic carbocycles. The molecule has 1 aromatic rings. The monoisotopic (exact) mass is 264 g/mol. The highest BCUT2D eigenvalue weighted by Crippen LogP contribution is 2.35. The number of rotatable bonds is 3. The molecule has 0 radical (unpaired) electrons. The summed E-state index contributed by atoms with van der Waals surface area (Å²) in [7, 11) is 0. The summed E-state index contributed by atoms with van der Waals surface area (Å²) in [4.78, 5) is 12.0. The second kappa shape index (κ2) is 5.30. The van der Waals surface area contributed by atoms with Crippen molar-refractivity contribution in [1.29, 1.82) is 0 Å². The molecule has 0 bridgehead atoms. The van der Waals surface area contributed by atoms with Crippen LogP contribution < -0.4 is 11.1 Å². The first kappa shape index (κ1) is 12.6.